The largest absolute Gasteiger partial charge is 0.384 e. The van der Waals surface area contributed by atoms with Crippen molar-refractivity contribution in [3.63, 3.8) is 0 Å². The number of amidine groups is 1. The van der Waals surface area contributed by atoms with E-state index in [4.69, 9.17) is 11.1 Å². The van der Waals surface area contributed by atoms with E-state index in [0.29, 0.717) is 12.1 Å². The van der Waals surface area contributed by atoms with E-state index >= 15 is 0 Å². The highest BCUT2D eigenvalue weighted by Gasteiger charge is 2.13. The standard InChI is InChI=1S/C15H13FN4S/c16-13-10(3-1-4-11(13)14(17)18)9-20-7-6-19-15(20)12-5-2-8-21-12/h1-8H,9H2,(H3,17,18). The summed E-state index contributed by atoms with van der Waals surface area (Å²) >= 11 is 1.59. The Hall–Kier alpha value is -2.47. The van der Waals surface area contributed by atoms with Crippen molar-refractivity contribution in [2.45, 2.75) is 6.54 Å². The third-order valence-electron chi connectivity index (χ3n) is 3.17. The van der Waals surface area contributed by atoms with Crippen molar-refractivity contribution >= 4 is 17.2 Å². The number of nitrogens with zero attached hydrogens (tertiary/aromatic N) is 2. The van der Waals surface area contributed by atoms with Gasteiger partial charge in [0, 0.05) is 18.0 Å². The molecule has 6 heteroatoms. The van der Waals surface area contributed by atoms with Gasteiger partial charge < -0.3 is 10.3 Å². The molecule has 2 heterocycles. The Labute approximate surface area is 125 Å². The number of nitrogens with one attached hydrogen (secondary N) is 1. The van der Waals surface area contributed by atoms with Crippen LogP contribution in [0.3, 0.4) is 0 Å². The van der Waals surface area contributed by atoms with Crippen molar-refractivity contribution in [3.8, 4) is 10.7 Å². The predicted octanol–water partition coefficient (Wildman–Crippen LogP) is 3.08. The molecule has 3 rings (SSSR count). The minimum absolute atomic E-state index is 0.130. The molecule has 2 aromatic heterocycles. The first kappa shape index (κ1) is 13.5. The first-order valence-electron chi connectivity index (χ1n) is 6.33. The zero-order valence-corrected chi connectivity index (χ0v) is 11.9. The van der Waals surface area contributed by atoms with E-state index in [1.165, 1.54) is 6.07 Å². The number of aromatic nitrogens is 2. The third kappa shape index (κ3) is 2.57. The van der Waals surface area contributed by atoms with Gasteiger partial charge in [0.05, 0.1) is 17.0 Å². The van der Waals surface area contributed by atoms with Gasteiger partial charge >= 0.3 is 0 Å². The van der Waals surface area contributed by atoms with Crippen LogP contribution in [0.1, 0.15) is 11.1 Å². The summed E-state index contributed by atoms with van der Waals surface area (Å²) in [5.41, 5.74) is 6.00. The van der Waals surface area contributed by atoms with E-state index in [2.05, 4.69) is 4.98 Å². The van der Waals surface area contributed by atoms with Crippen LogP contribution >= 0.6 is 11.3 Å². The lowest BCUT2D eigenvalue weighted by Crippen LogP contribution is -2.15. The van der Waals surface area contributed by atoms with Gasteiger partial charge in [-0.2, -0.15) is 0 Å². The average molecular weight is 300 g/mol. The second-order valence-corrected chi connectivity index (χ2v) is 5.50. The normalized spacial score (nSPS) is 10.7. The molecule has 3 aromatic rings. The number of benzene rings is 1. The van der Waals surface area contributed by atoms with Crippen molar-refractivity contribution in [1.82, 2.24) is 9.55 Å². The van der Waals surface area contributed by atoms with Crippen molar-refractivity contribution in [3.05, 3.63) is 65.0 Å². The Bertz CT molecular complexity index is 777. The lowest BCUT2D eigenvalue weighted by molar-refractivity contribution is 0.597. The number of nitrogen functional groups attached to an aromatic ring is 1. The predicted molar refractivity (Wildman–Crippen MR) is 82.1 cm³/mol. The molecule has 0 saturated carbocycles. The SMILES string of the molecule is N=C(N)c1cccc(Cn2ccnc2-c2cccs2)c1F. The molecule has 0 bridgehead atoms. The second-order valence-electron chi connectivity index (χ2n) is 4.55. The molecule has 21 heavy (non-hydrogen) atoms. The first-order valence-corrected chi connectivity index (χ1v) is 7.21. The van der Waals surface area contributed by atoms with Gasteiger partial charge in [-0.15, -0.1) is 11.3 Å². The molecule has 1 aromatic carbocycles. The van der Waals surface area contributed by atoms with Crippen LogP contribution in [-0.2, 0) is 6.54 Å². The van der Waals surface area contributed by atoms with Gasteiger partial charge in [0.25, 0.3) is 0 Å². The molecule has 3 N–H and O–H groups in total. The van der Waals surface area contributed by atoms with E-state index in [1.54, 1.807) is 29.7 Å². The summed E-state index contributed by atoms with van der Waals surface area (Å²) in [6.45, 7) is 0.347. The van der Waals surface area contributed by atoms with Crippen LogP contribution in [0.4, 0.5) is 4.39 Å². The molecular weight excluding hydrogens is 287 g/mol. The van der Waals surface area contributed by atoms with Gasteiger partial charge in [-0.05, 0) is 17.5 Å². The summed E-state index contributed by atoms with van der Waals surface area (Å²) in [5.74, 6) is 0.0897. The van der Waals surface area contributed by atoms with Crippen LogP contribution in [0.15, 0.2) is 48.1 Å². The maximum Gasteiger partial charge on any atom is 0.150 e. The summed E-state index contributed by atoms with van der Waals surface area (Å²) in [6, 6.07) is 8.84. The lowest BCUT2D eigenvalue weighted by Gasteiger charge is -2.10. The van der Waals surface area contributed by atoms with E-state index in [1.807, 2.05) is 28.3 Å². The topological polar surface area (TPSA) is 67.7 Å². The minimum Gasteiger partial charge on any atom is -0.384 e. The molecule has 106 valence electrons. The third-order valence-corrected chi connectivity index (χ3v) is 4.03. The van der Waals surface area contributed by atoms with Crippen LogP contribution in [0, 0.1) is 11.2 Å². The number of nitrogens with two attached hydrogens (primary N) is 1. The number of thiophene rings is 1. The van der Waals surface area contributed by atoms with Gasteiger partial charge in [-0.1, -0.05) is 18.2 Å². The molecule has 0 aliphatic heterocycles. The smallest absolute Gasteiger partial charge is 0.150 e. The molecule has 0 aliphatic rings. The summed E-state index contributed by atoms with van der Waals surface area (Å²) < 4.78 is 16.2. The molecule has 0 unspecified atom stereocenters. The number of imidazole rings is 1. The maximum absolute atomic E-state index is 14.3. The summed E-state index contributed by atoms with van der Waals surface area (Å²) in [5, 5.41) is 9.38. The maximum atomic E-state index is 14.3. The van der Waals surface area contributed by atoms with E-state index in [-0.39, 0.29) is 11.4 Å². The van der Waals surface area contributed by atoms with Crippen LogP contribution in [-0.4, -0.2) is 15.4 Å². The number of hydrogen-bond donors (Lipinski definition) is 2. The van der Waals surface area contributed by atoms with Crippen LogP contribution in [0.2, 0.25) is 0 Å². The molecule has 0 saturated heterocycles. The van der Waals surface area contributed by atoms with Crippen LogP contribution < -0.4 is 5.73 Å². The Morgan fingerprint density at radius 1 is 1.33 bits per heavy atom. The average Bonchev–Trinajstić information content (AvgIpc) is 3.11. The molecular formula is C15H13FN4S. The summed E-state index contributed by atoms with van der Waals surface area (Å²) in [7, 11) is 0. The fraction of sp³-hybridized carbons (Fsp3) is 0.0667. The summed E-state index contributed by atoms with van der Waals surface area (Å²) in [6.07, 6.45) is 3.51. The van der Waals surface area contributed by atoms with E-state index in [0.717, 1.165) is 10.7 Å². The Morgan fingerprint density at radius 2 is 2.19 bits per heavy atom. The first-order chi connectivity index (χ1) is 10.2. The Kier molecular flexibility index (Phi) is 3.53. The lowest BCUT2D eigenvalue weighted by atomic mass is 10.1. The molecule has 0 amide bonds. The highest BCUT2D eigenvalue weighted by atomic mass is 32.1. The van der Waals surface area contributed by atoms with Gasteiger partial charge in [0.15, 0.2) is 0 Å². The van der Waals surface area contributed by atoms with Crippen LogP contribution in [0.25, 0.3) is 10.7 Å². The quantitative estimate of drug-likeness (QED) is 0.574. The number of rotatable bonds is 4. The number of hydrogen-bond acceptors (Lipinski definition) is 3. The fourth-order valence-corrected chi connectivity index (χ4v) is 2.90. The second kappa shape index (κ2) is 5.49. The van der Waals surface area contributed by atoms with Crippen molar-refractivity contribution in [2.24, 2.45) is 5.73 Å². The van der Waals surface area contributed by atoms with Crippen molar-refractivity contribution in [1.29, 1.82) is 5.41 Å². The Morgan fingerprint density at radius 3 is 2.90 bits per heavy atom. The zero-order chi connectivity index (χ0) is 14.8. The molecule has 0 aliphatic carbocycles. The van der Waals surface area contributed by atoms with Gasteiger partial charge in [-0.25, -0.2) is 9.37 Å². The fourth-order valence-electron chi connectivity index (χ4n) is 2.16. The van der Waals surface area contributed by atoms with E-state index < -0.39 is 5.82 Å². The van der Waals surface area contributed by atoms with E-state index in [9.17, 15) is 4.39 Å². The van der Waals surface area contributed by atoms with Gasteiger partial charge in [-0.3, -0.25) is 5.41 Å². The molecule has 0 fully saturated rings. The molecule has 0 atom stereocenters. The molecule has 0 radical (unpaired) electrons. The molecule has 4 nitrogen and oxygen atoms in total. The minimum atomic E-state index is -0.448. The highest BCUT2D eigenvalue weighted by Crippen LogP contribution is 2.24. The zero-order valence-electron chi connectivity index (χ0n) is 11.1. The Balaban J connectivity index is 1.97. The highest BCUT2D eigenvalue weighted by molar-refractivity contribution is 7.13. The van der Waals surface area contributed by atoms with Crippen molar-refractivity contribution in [2.75, 3.05) is 0 Å². The molecule has 0 spiro atoms. The monoisotopic (exact) mass is 300 g/mol. The van der Waals surface area contributed by atoms with Gasteiger partial charge in [0.1, 0.15) is 17.5 Å². The van der Waals surface area contributed by atoms with Crippen molar-refractivity contribution < 1.29 is 4.39 Å². The summed E-state index contributed by atoms with van der Waals surface area (Å²) in [4.78, 5) is 5.36. The van der Waals surface area contributed by atoms with Crippen LogP contribution in [0.5, 0.6) is 0 Å². The number of halogens is 1. The van der Waals surface area contributed by atoms with Gasteiger partial charge in [0.2, 0.25) is 0 Å².